The Bertz CT molecular complexity index is 502. The topological polar surface area (TPSA) is 60.4 Å². The third-order valence-corrected chi connectivity index (χ3v) is 4.40. The van der Waals surface area contributed by atoms with Crippen molar-refractivity contribution in [3.63, 3.8) is 0 Å². The summed E-state index contributed by atoms with van der Waals surface area (Å²) in [4.78, 5) is 11.2. The van der Waals surface area contributed by atoms with Crippen LogP contribution in [0.4, 0.5) is 0 Å². The fourth-order valence-corrected chi connectivity index (χ4v) is 3.36. The predicted octanol–water partition coefficient (Wildman–Crippen LogP) is 1.72. The van der Waals surface area contributed by atoms with Crippen LogP contribution in [0.1, 0.15) is 18.1 Å². The number of aryl methyl sites for hydroxylation is 1. The number of sulfone groups is 1. The number of carbonyl (C=O) groups is 1. The highest BCUT2D eigenvalue weighted by Gasteiger charge is 2.22. The molecule has 0 aliphatic rings. The van der Waals surface area contributed by atoms with Crippen LogP contribution in [0.25, 0.3) is 0 Å². The Morgan fingerprint density at radius 1 is 1.28 bits per heavy atom. The Morgan fingerprint density at radius 2 is 1.83 bits per heavy atom. The maximum atomic E-state index is 11.9. The van der Waals surface area contributed by atoms with Crippen molar-refractivity contribution < 1.29 is 17.9 Å². The van der Waals surface area contributed by atoms with Crippen LogP contribution < -0.4 is 0 Å². The van der Waals surface area contributed by atoms with E-state index in [0.717, 1.165) is 11.1 Å². The summed E-state index contributed by atoms with van der Waals surface area (Å²) < 4.78 is 28.3. The molecule has 4 nitrogen and oxygen atoms in total. The molecule has 1 atom stereocenters. The normalized spacial score (nSPS) is 13.1. The van der Waals surface area contributed by atoms with Gasteiger partial charge < -0.3 is 4.74 Å². The number of hydrogen-bond acceptors (Lipinski definition) is 4. The fraction of sp³-hybridized carbons (Fsp3) is 0.462. The fourth-order valence-electron chi connectivity index (χ4n) is 1.65. The quantitative estimate of drug-likeness (QED) is 0.764. The molecular weight excluding hydrogens is 252 g/mol. The van der Waals surface area contributed by atoms with Crippen molar-refractivity contribution in [2.24, 2.45) is 5.92 Å². The van der Waals surface area contributed by atoms with Crippen LogP contribution in [-0.2, 0) is 25.1 Å². The van der Waals surface area contributed by atoms with Crippen molar-refractivity contribution >= 4 is 15.8 Å². The maximum absolute atomic E-state index is 11.9. The zero-order chi connectivity index (χ0) is 13.8. The minimum atomic E-state index is -3.30. The summed E-state index contributed by atoms with van der Waals surface area (Å²) in [7, 11) is -2.05. The second-order valence-corrected chi connectivity index (χ2v) is 6.57. The molecule has 100 valence electrons. The van der Waals surface area contributed by atoms with E-state index in [4.69, 9.17) is 0 Å². The van der Waals surface area contributed by atoms with Gasteiger partial charge in [0, 0.05) is 0 Å². The molecule has 0 N–H and O–H groups in total. The molecule has 18 heavy (non-hydrogen) atoms. The summed E-state index contributed by atoms with van der Waals surface area (Å²) in [5.41, 5.74) is 1.82. The third-order valence-electron chi connectivity index (χ3n) is 2.61. The third kappa shape index (κ3) is 4.49. The number of benzene rings is 1. The van der Waals surface area contributed by atoms with Crippen molar-refractivity contribution in [1.29, 1.82) is 0 Å². The number of methoxy groups -OCH3 is 1. The van der Waals surface area contributed by atoms with Gasteiger partial charge in [0.05, 0.1) is 24.5 Å². The summed E-state index contributed by atoms with van der Waals surface area (Å²) in [6.07, 6.45) is 0. The van der Waals surface area contributed by atoms with E-state index < -0.39 is 21.7 Å². The molecule has 0 radical (unpaired) electrons. The Kier molecular flexibility index (Phi) is 4.90. The SMILES string of the molecule is COC(=O)C(C)CS(=O)(=O)Cc1ccc(C)cc1. The Labute approximate surface area is 108 Å². The van der Waals surface area contributed by atoms with Crippen LogP contribution in [0.5, 0.6) is 0 Å². The molecule has 1 unspecified atom stereocenters. The van der Waals surface area contributed by atoms with Crippen LogP contribution in [0.2, 0.25) is 0 Å². The van der Waals surface area contributed by atoms with E-state index in [1.54, 1.807) is 19.1 Å². The lowest BCUT2D eigenvalue weighted by atomic mass is 10.2. The predicted molar refractivity (Wildman–Crippen MR) is 69.8 cm³/mol. The van der Waals surface area contributed by atoms with Crippen LogP contribution in [0, 0.1) is 12.8 Å². The highest BCUT2D eigenvalue weighted by atomic mass is 32.2. The molecule has 1 aromatic rings. The monoisotopic (exact) mass is 270 g/mol. The van der Waals surface area contributed by atoms with Crippen molar-refractivity contribution in [3.8, 4) is 0 Å². The first-order chi connectivity index (χ1) is 8.34. The Hall–Kier alpha value is -1.36. The summed E-state index contributed by atoms with van der Waals surface area (Å²) in [6.45, 7) is 3.50. The van der Waals surface area contributed by atoms with Gasteiger partial charge in [-0.25, -0.2) is 8.42 Å². The summed E-state index contributed by atoms with van der Waals surface area (Å²) in [5.74, 6) is -1.37. The average molecular weight is 270 g/mol. The summed E-state index contributed by atoms with van der Waals surface area (Å²) >= 11 is 0. The van der Waals surface area contributed by atoms with Crippen molar-refractivity contribution in [2.45, 2.75) is 19.6 Å². The molecule has 0 aromatic heterocycles. The maximum Gasteiger partial charge on any atom is 0.309 e. The van der Waals surface area contributed by atoms with Gasteiger partial charge in [-0.1, -0.05) is 36.8 Å². The van der Waals surface area contributed by atoms with E-state index in [9.17, 15) is 13.2 Å². The van der Waals surface area contributed by atoms with E-state index in [1.807, 2.05) is 19.1 Å². The molecule has 0 aliphatic heterocycles. The smallest absolute Gasteiger partial charge is 0.309 e. The zero-order valence-corrected chi connectivity index (χ0v) is 11.7. The van der Waals surface area contributed by atoms with Gasteiger partial charge in [0.2, 0.25) is 0 Å². The molecule has 0 aliphatic carbocycles. The number of rotatable bonds is 5. The van der Waals surface area contributed by atoms with E-state index in [1.165, 1.54) is 7.11 Å². The lowest BCUT2D eigenvalue weighted by Gasteiger charge is -2.10. The van der Waals surface area contributed by atoms with Gasteiger partial charge >= 0.3 is 5.97 Å². The van der Waals surface area contributed by atoms with E-state index in [0.29, 0.717) is 0 Å². The largest absolute Gasteiger partial charge is 0.469 e. The number of hydrogen-bond donors (Lipinski definition) is 0. The Morgan fingerprint density at radius 3 is 2.33 bits per heavy atom. The van der Waals surface area contributed by atoms with Gasteiger partial charge in [0.15, 0.2) is 9.84 Å². The molecule has 1 rings (SSSR count). The summed E-state index contributed by atoms with van der Waals surface area (Å²) in [5, 5.41) is 0. The van der Waals surface area contributed by atoms with Gasteiger partial charge in [-0.15, -0.1) is 0 Å². The lowest BCUT2D eigenvalue weighted by molar-refractivity contribution is -0.144. The first-order valence-electron chi connectivity index (χ1n) is 5.68. The number of esters is 1. The molecule has 0 heterocycles. The molecule has 0 saturated carbocycles. The van der Waals surface area contributed by atoms with Gasteiger partial charge in [-0.3, -0.25) is 4.79 Å². The molecule has 5 heteroatoms. The molecular formula is C13H18O4S. The van der Waals surface area contributed by atoms with Crippen LogP contribution in [0.15, 0.2) is 24.3 Å². The second kappa shape index (κ2) is 6.00. The molecule has 0 bridgehead atoms. The summed E-state index contributed by atoms with van der Waals surface area (Å²) in [6, 6.07) is 7.31. The first kappa shape index (κ1) is 14.7. The minimum Gasteiger partial charge on any atom is -0.469 e. The molecule has 0 saturated heterocycles. The second-order valence-electron chi connectivity index (χ2n) is 4.46. The van der Waals surface area contributed by atoms with Crippen LogP contribution in [0.3, 0.4) is 0 Å². The first-order valence-corrected chi connectivity index (χ1v) is 7.50. The molecule has 0 fully saturated rings. The average Bonchev–Trinajstić information content (AvgIpc) is 2.30. The highest BCUT2D eigenvalue weighted by Crippen LogP contribution is 2.12. The lowest BCUT2D eigenvalue weighted by Crippen LogP contribution is -2.23. The zero-order valence-electron chi connectivity index (χ0n) is 10.8. The molecule has 0 amide bonds. The highest BCUT2D eigenvalue weighted by molar-refractivity contribution is 7.90. The van der Waals surface area contributed by atoms with E-state index in [-0.39, 0.29) is 11.5 Å². The van der Waals surface area contributed by atoms with Gasteiger partial charge in [0.1, 0.15) is 0 Å². The van der Waals surface area contributed by atoms with Crippen molar-refractivity contribution in [2.75, 3.05) is 12.9 Å². The number of carbonyl (C=O) groups excluding carboxylic acids is 1. The van der Waals surface area contributed by atoms with Crippen molar-refractivity contribution in [3.05, 3.63) is 35.4 Å². The van der Waals surface area contributed by atoms with Crippen LogP contribution in [-0.4, -0.2) is 27.2 Å². The Balaban J connectivity index is 2.70. The number of ether oxygens (including phenoxy) is 1. The molecule has 0 spiro atoms. The van der Waals surface area contributed by atoms with Gasteiger partial charge in [0.25, 0.3) is 0 Å². The van der Waals surface area contributed by atoms with Gasteiger partial charge in [-0.05, 0) is 12.5 Å². The van der Waals surface area contributed by atoms with Gasteiger partial charge in [-0.2, -0.15) is 0 Å². The standard InChI is InChI=1S/C13H18O4S/c1-10-4-6-12(7-5-10)9-18(15,16)8-11(2)13(14)17-3/h4-7,11H,8-9H2,1-3H3. The van der Waals surface area contributed by atoms with Crippen molar-refractivity contribution in [1.82, 2.24) is 0 Å². The minimum absolute atomic E-state index is 0.0470. The molecule has 1 aromatic carbocycles. The van der Waals surface area contributed by atoms with E-state index in [2.05, 4.69) is 4.74 Å². The van der Waals surface area contributed by atoms with E-state index >= 15 is 0 Å². The van der Waals surface area contributed by atoms with Crippen LogP contribution >= 0.6 is 0 Å².